The normalized spacial score (nSPS) is 15.0. The lowest BCUT2D eigenvalue weighted by Crippen LogP contribution is -2.41. The second-order valence-electron chi connectivity index (χ2n) is 8.68. The number of methoxy groups -OCH3 is 1. The van der Waals surface area contributed by atoms with E-state index in [0.29, 0.717) is 29.1 Å². The molecule has 1 aromatic heterocycles. The fourth-order valence-corrected chi connectivity index (χ4v) is 4.99. The van der Waals surface area contributed by atoms with Gasteiger partial charge >= 0.3 is 0 Å². The summed E-state index contributed by atoms with van der Waals surface area (Å²) in [4.78, 5) is 17.5. The Morgan fingerprint density at radius 1 is 1.03 bits per heavy atom. The van der Waals surface area contributed by atoms with Gasteiger partial charge in [-0.3, -0.25) is 0 Å². The average Bonchev–Trinajstić information content (AvgIpc) is 2.84. The maximum absolute atomic E-state index is 12.1. The Balaban J connectivity index is 1.51. The molecular formula is C24H31N7O3S. The Bertz CT molecular complexity index is 1280. The summed E-state index contributed by atoms with van der Waals surface area (Å²) in [6.45, 7) is 2.19. The van der Waals surface area contributed by atoms with Crippen LogP contribution in [0.1, 0.15) is 12.8 Å². The average molecular weight is 498 g/mol. The summed E-state index contributed by atoms with van der Waals surface area (Å²) >= 11 is 0. The van der Waals surface area contributed by atoms with Crippen molar-refractivity contribution in [2.24, 2.45) is 0 Å². The molecule has 35 heavy (non-hydrogen) atoms. The summed E-state index contributed by atoms with van der Waals surface area (Å²) < 4.78 is 29.8. The molecule has 1 saturated heterocycles. The van der Waals surface area contributed by atoms with Crippen molar-refractivity contribution in [2.75, 3.05) is 56.1 Å². The molecule has 0 radical (unpaired) electrons. The van der Waals surface area contributed by atoms with Crippen molar-refractivity contribution >= 4 is 38.8 Å². The Morgan fingerprint density at radius 3 is 2.34 bits per heavy atom. The highest BCUT2D eigenvalue weighted by Gasteiger charge is 2.22. The molecule has 4 rings (SSSR count). The van der Waals surface area contributed by atoms with Gasteiger partial charge in [0, 0.05) is 31.1 Å². The van der Waals surface area contributed by atoms with Gasteiger partial charge in [-0.1, -0.05) is 12.1 Å². The first-order valence-electron chi connectivity index (χ1n) is 11.4. The van der Waals surface area contributed by atoms with Crippen LogP contribution in [-0.2, 0) is 9.84 Å². The molecular weight excluding hydrogens is 466 g/mol. The molecule has 0 aliphatic carbocycles. The van der Waals surface area contributed by atoms with E-state index in [1.807, 2.05) is 18.2 Å². The van der Waals surface area contributed by atoms with Crippen molar-refractivity contribution in [3.05, 3.63) is 48.8 Å². The zero-order valence-electron chi connectivity index (χ0n) is 20.4. The Labute approximate surface area is 206 Å². The maximum atomic E-state index is 12.1. The number of anilines is 5. The first-order chi connectivity index (χ1) is 16.7. The predicted molar refractivity (Wildman–Crippen MR) is 138 cm³/mol. The minimum atomic E-state index is -3.42. The smallest absolute Gasteiger partial charge is 0.232 e. The number of sulfone groups is 1. The molecule has 2 aromatic carbocycles. The van der Waals surface area contributed by atoms with Gasteiger partial charge < -0.3 is 25.2 Å². The van der Waals surface area contributed by atoms with Gasteiger partial charge in [0.2, 0.25) is 11.9 Å². The molecule has 0 atom stereocenters. The number of ether oxygens (including phenoxy) is 1. The van der Waals surface area contributed by atoms with Crippen LogP contribution in [0.25, 0.3) is 0 Å². The third kappa shape index (κ3) is 5.98. The quantitative estimate of drug-likeness (QED) is 0.481. The molecule has 2 N–H and O–H groups in total. The summed E-state index contributed by atoms with van der Waals surface area (Å²) in [6, 6.07) is 13.1. The molecule has 186 valence electrons. The fraction of sp³-hybridized carbons (Fsp3) is 0.375. The molecule has 11 heteroatoms. The van der Waals surface area contributed by atoms with Crippen molar-refractivity contribution in [2.45, 2.75) is 23.8 Å². The van der Waals surface area contributed by atoms with E-state index >= 15 is 0 Å². The minimum Gasteiger partial charge on any atom is -0.494 e. The summed E-state index contributed by atoms with van der Waals surface area (Å²) in [7, 11) is 2.49. The van der Waals surface area contributed by atoms with Crippen LogP contribution in [0, 0.1) is 0 Å². The van der Waals surface area contributed by atoms with E-state index in [-0.39, 0.29) is 10.8 Å². The molecule has 1 fully saturated rings. The maximum Gasteiger partial charge on any atom is 0.232 e. The van der Waals surface area contributed by atoms with Crippen molar-refractivity contribution < 1.29 is 13.2 Å². The lowest BCUT2D eigenvalue weighted by Gasteiger charge is -2.36. The lowest BCUT2D eigenvalue weighted by atomic mass is 10.0. The van der Waals surface area contributed by atoms with Gasteiger partial charge in [0.1, 0.15) is 12.1 Å². The summed E-state index contributed by atoms with van der Waals surface area (Å²) in [5.41, 5.74) is 2.19. The summed E-state index contributed by atoms with van der Waals surface area (Å²) in [6.07, 6.45) is 4.76. The van der Waals surface area contributed by atoms with Crippen LogP contribution in [0.2, 0.25) is 0 Å². The van der Waals surface area contributed by atoms with E-state index in [1.165, 1.54) is 12.4 Å². The summed E-state index contributed by atoms with van der Waals surface area (Å²) in [5, 5.41) is 6.15. The van der Waals surface area contributed by atoms with Crippen molar-refractivity contribution in [3.63, 3.8) is 0 Å². The monoisotopic (exact) mass is 497 g/mol. The number of hydrogen-bond acceptors (Lipinski definition) is 10. The number of aromatic nitrogens is 3. The van der Waals surface area contributed by atoms with E-state index in [0.717, 1.165) is 37.9 Å². The number of benzene rings is 2. The molecule has 3 aromatic rings. The number of para-hydroxylation sites is 1. The van der Waals surface area contributed by atoms with E-state index in [4.69, 9.17) is 4.74 Å². The molecule has 2 heterocycles. The van der Waals surface area contributed by atoms with Crippen LogP contribution in [0.4, 0.5) is 29.0 Å². The number of nitrogens with zero attached hydrogens (tertiary/aromatic N) is 5. The van der Waals surface area contributed by atoms with Crippen LogP contribution in [0.15, 0.2) is 53.7 Å². The highest BCUT2D eigenvalue weighted by Crippen LogP contribution is 2.33. The topological polar surface area (TPSA) is 113 Å². The van der Waals surface area contributed by atoms with Gasteiger partial charge in [0.05, 0.1) is 23.4 Å². The molecule has 0 spiro atoms. The zero-order valence-corrected chi connectivity index (χ0v) is 21.2. The molecule has 10 nitrogen and oxygen atoms in total. The number of nitrogens with one attached hydrogen (secondary N) is 2. The van der Waals surface area contributed by atoms with Crippen LogP contribution in [-0.4, -0.2) is 74.9 Å². The highest BCUT2D eigenvalue weighted by atomic mass is 32.2. The van der Waals surface area contributed by atoms with Gasteiger partial charge in [-0.15, -0.1) is 0 Å². The number of likely N-dealkylation sites (tertiary alicyclic amines) is 1. The third-order valence-corrected chi connectivity index (χ3v) is 7.33. The van der Waals surface area contributed by atoms with Gasteiger partial charge in [0.25, 0.3) is 0 Å². The fourth-order valence-electron chi connectivity index (χ4n) is 4.15. The Hall–Kier alpha value is -3.44. The molecule has 1 aliphatic heterocycles. The van der Waals surface area contributed by atoms with Crippen LogP contribution in [0.3, 0.4) is 0 Å². The highest BCUT2D eigenvalue weighted by molar-refractivity contribution is 7.90. The molecule has 0 bridgehead atoms. The van der Waals surface area contributed by atoms with Crippen LogP contribution >= 0.6 is 0 Å². The third-order valence-electron chi connectivity index (χ3n) is 6.18. The molecule has 0 amide bonds. The van der Waals surface area contributed by atoms with Crippen molar-refractivity contribution in [3.8, 4) is 5.75 Å². The van der Waals surface area contributed by atoms with E-state index in [2.05, 4.69) is 49.5 Å². The largest absolute Gasteiger partial charge is 0.494 e. The van der Waals surface area contributed by atoms with E-state index in [1.54, 1.807) is 25.3 Å². The molecule has 0 unspecified atom stereocenters. The lowest BCUT2D eigenvalue weighted by molar-refractivity contribution is 0.253. The number of hydrogen-bond donors (Lipinski definition) is 2. The van der Waals surface area contributed by atoms with Gasteiger partial charge in [0.15, 0.2) is 9.84 Å². The summed E-state index contributed by atoms with van der Waals surface area (Å²) in [5.74, 6) is 1.19. The van der Waals surface area contributed by atoms with E-state index < -0.39 is 9.84 Å². The zero-order chi connectivity index (χ0) is 25.0. The van der Waals surface area contributed by atoms with Crippen molar-refractivity contribution in [1.82, 2.24) is 19.9 Å². The number of rotatable bonds is 8. The van der Waals surface area contributed by atoms with Gasteiger partial charge in [-0.05, 0) is 57.2 Å². The first-order valence-corrected chi connectivity index (χ1v) is 13.3. The second kappa shape index (κ2) is 10.4. The van der Waals surface area contributed by atoms with Crippen LogP contribution in [0.5, 0.6) is 5.75 Å². The molecule has 1 aliphatic rings. The van der Waals surface area contributed by atoms with E-state index in [9.17, 15) is 8.42 Å². The van der Waals surface area contributed by atoms with Gasteiger partial charge in [-0.2, -0.15) is 4.98 Å². The Kier molecular flexibility index (Phi) is 7.37. The second-order valence-corrected chi connectivity index (χ2v) is 10.7. The SMILES string of the molecule is COc1cc(N(C)C2CCN(C)CC2)ccc1Nc1ncnc(Nc2ccccc2S(C)(=O)=O)n1. The standard InChI is InChI=1S/C24H31N7O3S/c1-30-13-11-17(12-14-30)31(2)18-9-10-19(21(15-18)34-3)27-23-25-16-26-24(29-23)28-20-7-5-6-8-22(20)35(4,32)33/h5-10,15-17H,11-14H2,1-4H3,(H2,25,26,27,28,29). The minimum absolute atomic E-state index is 0.168. The van der Waals surface area contributed by atoms with Gasteiger partial charge in [-0.25, -0.2) is 18.4 Å². The first kappa shape index (κ1) is 24.7. The Morgan fingerprint density at radius 2 is 1.69 bits per heavy atom. The van der Waals surface area contributed by atoms with Crippen LogP contribution < -0.4 is 20.3 Å². The molecule has 0 saturated carbocycles. The number of piperidine rings is 1. The van der Waals surface area contributed by atoms with Crippen molar-refractivity contribution in [1.29, 1.82) is 0 Å². The predicted octanol–water partition coefficient (Wildman–Crippen LogP) is 3.30.